The summed E-state index contributed by atoms with van der Waals surface area (Å²) >= 11 is 0. The Bertz CT molecular complexity index is 224. The van der Waals surface area contributed by atoms with Crippen LogP contribution in [-0.4, -0.2) is 26.6 Å². The van der Waals surface area contributed by atoms with E-state index in [0.29, 0.717) is 0 Å². The van der Waals surface area contributed by atoms with Gasteiger partial charge in [0.25, 0.3) is 5.88 Å². The van der Waals surface area contributed by atoms with Crippen molar-refractivity contribution in [1.29, 1.82) is 0 Å². The van der Waals surface area contributed by atoms with Crippen LogP contribution in [-0.2, 0) is 4.79 Å². The van der Waals surface area contributed by atoms with E-state index in [1.54, 1.807) is 0 Å². The average Bonchev–Trinajstić information content (AvgIpc) is 1.88. The van der Waals surface area contributed by atoms with Gasteiger partial charge < -0.3 is 4.74 Å². The second kappa shape index (κ2) is 2.81. The summed E-state index contributed by atoms with van der Waals surface area (Å²) in [6.45, 7) is 1.27. The van der Waals surface area contributed by atoms with E-state index in [0.717, 1.165) is 0 Å². The fourth-order valence-corrected chi connectivity index (χ4v) is 0.382. The quantitative estimate of drug-likeness (QED) is 0.475. The molecule has 0 atom stereocenters. The van der Waals surface area contributed by atoms with Crippen LogP contribution in [0.4, 0.5) is 0 Å². The fourth-order valence-electron chi connectivity index (χ4n) is 0.382. The summed E-state index contributed by atoms with van der Waals surface area (Å²) in [4.78, 5) is 10.3. The number of rotatable bonds is 1. The van der Waals surface area contributed by atoms with Crippen LogP contribution in [0, 0.1) is 0 Å². The maximum Gasteiger partial charge on any atom is 0.309 e. The van der Waals surface area contributed by atoms with Crippen molar-refractivity contribution in [2.24, 2.45) is 0 Å². The van der Waals surface area contributed by atoms with Gasteiger partial charge >= 0.3 is 5.97 Å². The first-order valence-electron chi connectivity index (χ1n) is 2.48. The van der Waals surface area contributed by atoms with Gasteiger partial charge in [-0.15, -0.1) is 5.10 Å². The average molecular weight is 140 g/mol. The molecule has 0 saturated heterocycles. The maximum absolute atomic E-state index is 10.3. The first-order valence-corrected chi connectivity index (χ1v) is 2.48. The Hall–Kier alpha value is -1.59. The summed E-state index contributed by atoms with van der Waals surface area (Å²) in [7, 11) is 0. The lowest BCUT2D eigenvalue weighted by Gasteiger charge is -1.93. The number of ether oxygens (including phenoxy) is 1. The minimum Gasteiger partial charge on any atom is -0.404 e. The number of hydrogen-bond acceptors (Lipinski definition) is 6. The molecule has 10 heavy (non-hydrogen) atoms. The molecule has 0 bridgehead atoms. The second-order valence-electron chi connectivity index (χ2n) is 1.46. The maximum atomic E-state index is 10.3. The Balaban J connectivity index is 2.67. The molecule has 0 N–H and O–H groups in total. The minimum atomic E-state index is -0.456. The fraction of sp³-hybridized carbons (Fsp3) is 0.250. The van der Waals surface area contributed by atoms with Crippen molar-refractivity contribution < 1.29 is 9.53 Å². The SMILES string of the molecule is CC(=O)Oc1cnnnn1. The van der Waals surface area contributed by atoms with Crippen LogP contribution in [0.3, 0.4) is 0 Å². The third-order valence-corrected chi connectivity index (χ3v) is 0.651. The van der Waals surface area contributed by atoms with Crippen LogP contribution < -0.4 is 4.74 Å². The summed E-state index contributed by atoms with van der Waals surface area (Å²) in [5, 5.41) is 13.0. The summed E-state index contributed by atoms with van der Waals surface area (Å²) in [6.07, 6.45) is 1.20. The van der Waals surface area contributed by atoms with E-state index in [4.69, 9.17) is 0 Å². The highest BCUT2D eigenvalue weighted by Gasteiger charge is 1.97. The van der Waals surface area contributed by atoms with Crippen LogP contribution in [0.5, 0.6) is 5.88 Å². The van der Waals surface area contributed by atoms with E-state index < -0.39 is 5.97 Å². The Morgan fingerprint density at radius 2 is 2.40 bits per heavy atom. The zero-order chi connectivity index (χ0) is 7.40. The molecule has 0 spiro atoms. The molecule has 1 rings (SSSR count). The number of carbonyl (C=O) groups excluding carboxylic acids is 1. The summed E-state index contributed by atoms with van der Waals surface area (Å²) < 4.78 is 4.50. The monoisotopic (exact) mass is 140 g/mol. The molecule has 1 heterocycles. The molecule has 0 saturated carbocycles. The van der Waals surface area contributed by atoms with Crippen LogP contribution in [0.25, 0.3) is 0 Å². The van der Waals surface area contributed by atoms with Gasteiger partial charge in [-0.25, -0.2) is 0 Å². The van der Waals surface area contributed by atoms with Gasteiger partial charge in [0.2, 0.25) is 0 Å². The van der Waals surface area contributed by atoms with Crippen molar-refractivity contribution in [1.82, 2.24) is 20.6 Å². The predicted molar refractivity (Wildman–Crippen MR) is 28.9 cm³/mol. The molecule has 0 aliphatic heterocycles. The summed E-state index contributed by atoms with van der Waals surface area (Å²) in [5.74, 6) is -0.398. The van der Waals surface area contributed by atoms with Gasteiger partial charge in [-0.05, 0) is 10.4 Å². The number of carbonyl (C=O) groups is 1. The largest absolute Gasteiger partial charge is 0.404 e. The molecule has 1 aromatic heterocycles. The van der Waals surface area contributed by atoms with Crippen LogP contribution in [0.1, 0.15) is 6.92 Å². The molecule has 0 fully saturated rings. The normalized spacial score (nSPS) is 8.90. The van der Waals surface area contributed by atoms with Crippen LogP contribution in [0.2, 0.25) is 0 Å². The molecule has 52 valence electrons. The molecule has 0 aromatic carbocycles. The second-order valence-corrected chi connectivity index (χ2v) is 1.46. The lowest BCUT2D eigenvalue weighted by molar-refractivity contribution is -0.132. The first-order chi connectivity index (χ1) is 4.79. The molecule has 0 radical (unpaired) electrons. The number of hydrogen-bond donors (Lipinski definition) is 0. The summed E-state index contributed by atoms with van der Waals surface area (Å²) in [6, 6.07) is 0. The minimum absolute atomic E-state index is 0.0579. The van der Waals surface area contributed by atoms with Crippen molar-refractivity contribution >= 4 is 5.97 Å². The molecule has 0 aliphatic carbocycles. The predicted octanol–water partition coefficient (Wildman–Crippen LogP) is -0.808. The first kappa shape index (κ1) is 6.53. The zero-order valence-electron chi connectivity index (χ0n) is 5.18. The van der Waals surface area contributed by atoms with E-state index in [-0.39, 0.29) is 5.88 Å². The highest BCUT2D eigenvalue weighted by Crippen LogP contribution is 1.96. The molecule has 0 aliphatic rings. The zero-order valence-corrected chi connectivity index (χ0v) is 5.18. The molecule has 1 aromatic rings. The van der Waals surface area contributed by atoms with Gasteiger partial charge in [0.15, 0.2) is 0 Å². The van der Waals surface area contributed by atoms with Gasteiger partial charge in [-0.3, -0.25) is 4.79 Å². The van der Waals surface area contributed by atoms with Gasteiger partial charge in [-0.1, -0.05) is 5.10 Å². The molecule has 0 unspecified atom stereocenters. The standard InChI is InChI=1S/C4H4N4O2/c1-3(9)10-4-2-5-7-8-6-4/h2H,1H3. The third-order valence-electron chi connectivity index (χ3n) is 0.651. The van der Waals surface area contributed by atoms with E-state index in [1.165, 1.54) is 13.1 Å². The Morgan fingerprint density at radius 1 is 1.60 bits per heavy atom. The molecular weight excluding hydrogens is 136 g/mol. The van der Waals surface area contributed by atoms with Crippen molar-refractivity contribution in [3.63, 3.8) is 0 Å². The Labute approximate surface area is 56.2 Å². The van der Waals surface area contributed by atoms with E-state index >= 15 is 0 Å². The van der Waals surface area contributed by atoms with Crippen molar-refractivity contribution in [3.05, 3.63) is 6.20 Å². The summed E-state index contributed by atoms with van der Waals surface area (Å²) in [5.41, 5.74) is 0. The highest BCUT2D eigenvalue weighted by atomic mass is 16.5. The number of nitrogens with zero attached hydrogens (tertiary/aromatic N) is 4. The Kier molecular flexibility index (Phi) is 1.83. The number of esters is 1. The molecule has 6 nitrogen and oxygen atoms in total. The Morgan fingerprint density at radius 3 is 2.90 bits per heavy atom. The topological polar surface area (TPSA) is 77.9 Å². The highest BCUT2D eigenvalue weighted by molar-refractivity contribution is 5.68. The number of aromatic nitrogens is 4. The van der Waals surface area contributed by atoms with Gasteiger partial charge in [0, 0.05) is 6.92 Å². The van der Waals surface area contributed by atoms with Crippen molar-refractivity contribution in [3.8, 4) is 5.88 Å². The molecule has 6 heteroatoms. The van der Waals surface area contributed by atoms with Gasteiger partial charge in [0.1, 0.15) is 6.20 Å². The van der Waals surface area contributed by atoms with Crippen LogP contribution >= 0.6 is 0 Å². The van der Waals surface area contributed by atoms with E-state index in [1.807, 2.05) is 0 Å². The van der Waals surface area contributed by atoms with Gasteiger partial charge in [-0.2, -0.15) is 0 Å². The van der Waals surface area contributed by atoms with Crippen molar-refractivity contribution in [2.45, 2.75) is 6.92 Å². The third kappa shape index (κ3) is 1.73. The molecular formula is C4H4N4O2. The smallest absolute Gasteiger partial charge is 0.309 e. The molecule has 0 amide bonds. The van der Waals surface area contributed by atoms with E-state index in [2.05, 4.69) is 25.4 Å². The van der Waals surface area contributed by atoms with E-state index in [9.17, 15) is 4.79 Å². The van der Waals surface area contributed by atoms with Gasteiger partial charge in [0.05, 0.1) is 0 Å². The van der Waals surface area contributed by atoms with Crippen molar-refractivity contribution in [2.75, 3.05) is 0 Å². The lowest BCUT2D eigenvalue weighted by atomic mass is 10.8. The van der Waals surface area contributed by atoms with Crippen LogP contribution in [0.15, 0.2) is 6.20 Å². The lowest BCUT2D eigenvalue weighted by Crippen LogP contribution is -2.04.